The number of nitrogens with zero attached hydrogens (tertiary/aromatic N) is 1. The van der Waals surface area contributed by atoms with Crippen molar-refractivity contribution in [1.29, 1.82) is 0 Å². The van der Waals surface area contributed by atoms with Gasteiger partial charge < -0.3 is 10.4 Å². The van der Waals surface area contributed by atoms with Gasteiger partial charge >= 0.3 is 0 Å². The molecule has 1 heterocycles. The first-order valence-corrected chi connectivity index (χ1v) is 5.41. The number of hydrogen-bond donors (Lipinski definition) is 2. The Hall–Kier alpha value is -0.870. The van der Waals surface area contributed by atoms with Crippen molar-refractivity contribution in [3.63, 3.8) is 0 Å². The fourth-order valence-corrected chi connectivity index (χ4v) is 1.81. The van der Waals surface area contributed by atoms with Crippen LogP contribution in [0.1, 0.15) is 13.3 Å². The molecular formula is C11H20N2O2. The number of likely N-dealkylation sites (tertiary alicyclic amines) is 1. The van der Waals surface area contributed by atoms with Gasteiger partial charge in [0.15, 0.2) is 0 Å². The number of carbonyl (C=O) groups is 1. The highest BCUT2D eigenvalue weighted by Gasteiger charge is 2.24. The molecule has 2 atom stereocenters. The first kappa shape index (κ1) is 12.2. The largest absolute Gasteiger partial charge is 0.393 e. The zero-order valence-corrected chi connectivity index (χ0v) is 9.28. The highest BCUT2D eigenvalue weighted by Crippen LogP contribution is 2.15. The van der Waals surface area contributed by atoms with Crippen molar-refractivity contribution >= 4 is 5.91 Å². The highest BCUT2D eigenvalue weighted by molar-refractivity contribution is 5.78. The minimum Gasteiger partial charge on any atom is -0.393 e. The molecule has 0 spiro atoms. The molecule has 15 heavy (non-hydrogen) atoms. The van der Waals surface area contributed by atoms with Gasteiger partial charge in [-0.25, -0.2) is 0 Å². The lowest BCUT2D eigenvalue weighted by molar-refractivity contribution is -0.123. The second kappa shape index (κ2) is 5.88. The van der Waals surface area contributed by atoms with Gasteiger partial charge in [-0.15, -0.1) is 6.58 Å². The van der Waals surface area contributed by atoms with Gasteiger partial charge in [0.2, 0.25) is 5.91 Å². The molecule has 0 bridgehead atoms. The zero-order chi connectivity index (χ0) is 11.3. The molecule has 2 N–H and O–H groups in total. The molecule has 4 nitrogen and oxygen atoms in total. The monoisotopic (exact) mass is 212 g/mol. The summed E-state index contributed by atoms with van der Waals surface area (Å²) >= 11 is 0. The number of aliphatic hydroxyl groups excluding tert-OH is 1. The van der Waals surface area contributed by atoms with Crippen molar-refractivity contribution in [2.45, 2.75) is 19.4 Å². The van der Waals surface area contributed by atoms with Crippen molar-refractivity contribution < 1.29 is 9.90 Å². The molecule has 86 valence electrons. The normalized spacial score (nSPS) is 27.3. The Morgan fingerprint density at radius 2 is 2.47 bits per heavy atom. The average molecular weight is 212 g/mol. The first-order valence-electron chi connectivity index (χ1n) is 5.41. The van der Waals surface area contributed by atoms with E-state index >= 15 is 0 Å². The summed E-state index contributed by atoms with van der Waals surface area (Å²) in [5.41, 5.74) is 0. The van der Waals surface area contributed by atoms with Crippen LogP contribution < -0.4 is 5.32 Å². The summed E-state index contributed by atoms with van der Waals surface area (Å²) in [4.78, 5) is 13.5. The lowest BCUT2D eigenvalue weighted by atomic mass is 9.97. The third-order valence-corrected chi connectivity index (χ3v) is 2.75. The Morgan fingerprint density at radius 1 is 1.73 bits per heavy atom. The molecule has 2 unspecified atom stereocenters. The Balaban J connectivity index is 2.27. The van der Waals surface area contributed by atoms with Crippen molar-refractivity contribution in [3.8, 4) is 0 Å². The minimum absolute atomic E-state index is 0.0264. The average Bonchev–Trinajstić information content (AvgIpc) is 2.20. The van der Waals surface area contributed by atoms with Gasteiger partial charge in [-0.05, 0) is 12.3 Å². The summed E-state index contributed by atoms with van der Waals surface area (Å²) in [7, 11) is 0. The molecule has 0 aromatic rings. The predicted octanol–water partition coefficient (Wildman–Crippen LogP) is -0.00870. The first-order chi connectivity index (χ1) is 7.13. The summed E-state index contributed by atoms with van der Waals surface area (Å²) in [6, 6.07) is 0. The summed E-state index contributed by atoms with van der Waals surface area (Å²) < 4.78 is 0. The van der Waals surface area contributed by atoms with E-state index in [1.54, 1.807) is 6.08 Å². The highest BCUT2D eigenvalue weighted by atomic mass is 16.3. The molecule has 0 aliphatic carbocycles. The van der Waals surface area contributed by atoms with Crippen LogP contribution in [-0.2, 0) is 4.79 Å². The van der Waals surface area contributed by atoms with E-state index in [0.717, 1.165) is 19.5 Å². The summed E-state index contributed by atoms with van der Waals surface area (Å²) in [6.07, 6.45) is 2.22. The van der Waals surface area contributed by atoms with E-state index in [0.29, 0.717) is 13.1 Å². The fourth-order valence-electron chi connectivity index (χ4n) is 1.81. The van der Waals surface area contributed by atoms with E-state index in [4.69, 9.17) is 0 Å². The number of rotatable bonds is 4. The molecule has 1 saturated heterocycles. The van der Waals surface area contributed by atoms with Crippen LogP contribution in [0.2, 0.25) is 0 Å². The van der Waals surface area contributed by atoms with Gasteiger partial charge in [-0.2, -0.15) is 0 Å². The van der Waals surface area contributed by atoms with Crippen LogP contribution in [0.5, 0.6) is 0 Å². The molecule has 1 amide bonds. The second-order valence-corrected chi connectivity index (χ2v) is 4.16. The molecular weight excluding hydrogens is 192 g/mol. The van der Waals surface area contributed by atoms with Crippen molar-refractivity contribution in [1.82, 2.24) is 10.2 Å². The standard InChI is InChI=1S/C11H20N2O2/c1-3-5-12-11(15)8-13-6-4-10(14)9(2)7-13/h3,9-10,14H,1,4-8H2,2H3,(H,12,15). The number of hydrogen-bond acceptors (Lipinski definition) is 3. The number of carbonyl (C=O) groups excluding carboxylic acids is 1. The smallest absolute Gasteiger partial charge is 0.234 e. The zero-order valence-electron chi connectivity index (χ0n) is 9.28. The molecule has 0 radical (unpaired) electrons. The van der Waals surface area contributed by atoms with Gasteiger partial charge in [0.05, 0.1) is 12.6 Å². The topological polar surface area (TPSA) is 52.6 Å². The number of aliphatic hydroxyl groups is 1. The molecule has 1 aliphatic heterocycles. The van der Waals surface area contributed by atoms with Gasteiger partial charge in [-0.1, -0.05) is 13.0 Å². The van der Waals surface area contributed by atoms with Gasteiger partial charge in [0.1, 0.15) is 0 Å². The van der Waals surface area contributed by atoms with Crippen LogP contribution in [0.3, 0.4) is 0 Å². The number of amides is 1. The number of nitrogens with one attached hydrogen (secondary N) is 1. The molecule has 1 fully saturated rings. The summed E-state index contributed by atoms with van der Waals surface area (Å²) in [5.74, 6) is 0.282. The van der Waals surface area contributed by atoms with E-state index in [1.807, 2.05) is 6.92 Å². The molecule has 0 saturated carbocycles. The molecule has 0 aromatic heterocycles. The Bertz CT molecular complexity index is 231. The third-order valence-electron chi connectivity index (χ3n) is 2.75. The van der Waals surface area contributed by atoms with E-state index in [2.05, 4.69) is 16.8 Å². The van der Waals surface area contributed by atoms with Crippen LogP contribution in [0.4, 0.5) is 0 Å². The van der Waals surface area contributed by atoms with Crippen molar-refractivity contribution in [2.75, 3.05) is 26.2 Å². The SMILES string of the molecule is C=CCNC(=O)CN1CCC(O)C(C)C1. The van der Waals surface area contributed by atoms with Crippen molar-refractivity contribution in [3.05, 3.63) is 12.7 Å². The molecule has 0 aromatic carbocycles. The minimum atomic E-state index is -0.211. The predicted molar refractivity (Wildman–Crippen MR) is 59.4 cm³/mol. The van der Waals surface area contributed by atoms with E-state index in [-0.39, 0.29) is 17.9 Å². The van der Waals surface area contributed by atoms with Gasteiger partial charge in [-0.3, -0.25) is 9.69 Å². The quantitative estimate of drug-likeness (QED) is 0.645. The molecule has 1 rings (SSSR count). The lowest BCUT2D eigenvalue weighted by Gasteiger charge is -2.33. The lowest BCUT2D eigenvalue weighted by Crippen LogP contribution is -2.46. The van der Waals surface area contributed by atoms with E-state index in [1.165, 1.54) is 0 Å². The Kier molecular flexibility index (Phi) is 4.78. The van der Waals surface area contributed by atoms with Crippen LogP contribution in [0.15, 0.2) is 12.7 Å². The van der Waals surface area contributed by atoms with E-state index < -0.39 is 0 Å². The number of piperidine rings is 1. The maximum atomic E-state index is 11.4. The van der Waals surface area contributed by atoms with Gasteiger partial charge in [0, 0.05) is 19.6 Å². The van der Waals surface area contributed by atoms with E-state index in [9.17, 15) is 9.90 Å². The Labute approximate surface area is 91.0 Å². The van der Waals surface area contributed by atoms with Crippen LogP contribution in [0, 0.1) is 5.92 Å². The van der Waals surface area contributed by atoms with Crippen LogP contribution in [-0.4, -0.2) is 48.2 Å². The fraction of sp³-hybridized carbons (Fsp3) is 0.727. The second-order valence-electron chi connectivity index (χ2n) is 4.16. The maximum absolute atomic E-state index is 11.4. The van der Waals surface area contributed by atoms with Crippen LogP contribution in [0.25, 0.3) is 0 Å². The Morgan fingerprint density at radius 3 is 3.07 bits per heavy atom. The van der Waals surface area contributed by atoms with Crippen molar-refractivity contribution in [2.24, 2.45) is 5.92 Å². The maximum Gasteiger partial charge on any atom is 0.234 e. The van der Waals surface area contributed by atoms with Gasteiger partial charge in [0.25, 0.3) is 0 Å². The summed E-state index contributed by atoms with van der Waals surface area (Å²) in [6.45, 7) is 8.09. The summed E-state index contributed by atoms with van der Waals surface area (Å²) in [5, 5.41) is 12.3. The molecule has 1 aliphatic rings. The molecule has 4 heteroatoms. The van der Waals surface area contributed by atoms with Crippen LogP contribution >= 0.6 is 0 Å². The third kappa shape index (κ3) is 4.01.